The van der Waals surface area contributed by atoms with Crippen molar-refractivity contribution in [3.63, 3.8) is 0 Å². The smallest absolute Gasteiger partial charge is 0 e. The summed E-state index contributed by atoms with van der Waals surface area (Å²) in [6.45, 7) is 10.0. The first-order valence-corrected chi connectivity index (χ1v) is 4.68. The van der Waals surface area contributed by atoms with Gasteiger partial charge in [-0.2, -0.15) is 0 Å². The van der Waals surface area contributed by atoms with Gasteiger partial charge in [-0.05, 0) is 26.6 Å². The third-order valence-corrected chi connectivity index (χ3v) is 0.780. The molecule has 2 heteroatoms. The van der Waals surface area contributed by atoms with Crippen molar-refractivity contribution in [1.82, 2.24) is 5.32 Å². The van der Waals surface area contributed by atoms with Crippen LogP contribution in [-0.4, -0.2) is 20.1 Å². The van der Waals surface area contributed by atoms with E-state index in [4.69, 9.17) is 5.73 Å². The highest BCUT2D eigenvalue weighted by Gasteiger charge is 1.73. The Morgan fingerprint density at radius 3 is 1.73 bits per heavy atom. The summed E-state index contributed by atoms with van der Waals surface area (Å²) in [6, 6.07) is 0. The number of nitrogens with one attached hydrogen (secondary N) is 1. The van der Waals surface area contributed by atoms with E-state index in [1.807, 2.05) is 27.8 Å². The molecule has 0 aliphatic heterocycles. The fourth-order valence-electron chi connectivity index (χ4n) is 0.354. The van der Waals surface area contributed by atoms with Gasteiger partial charge in [-0.25, -0.2) is 0 Å². The van der Waals surface area contributed by atoms with Gasteiger partial charge in [0.15, 0.2) is 0 Å². The minimum absolute atomic E-state index is 0. The zero-order valence-electron chi connectivity index (χ0n) is 8.91. The lowest BCUT2D eigenvalue weighted by Gasteiger charge is -1.89. The fourth-order valence-corrected chi connectivity index (χ4v) is 0.354. The van der Waals surface area contributed by atoms with Crippen molar-refractivity contribution in [3.8, 4) is 0 Å². The maximum Gasteiger partial charge on any atom is 0 e. The van der Waals surface area contributed by atoms with Gasteiger partial charge >= 0.3 is 0 Å². The van der Waals surface area contributed by atoms with E-state index < -0.39 is 0 Å². The molecule has 0 unspecified atom stereocenters. The second-order valence-corrected chi connectivity index (χ2v) is 1.87. The van der Waals surface area contributed by atoms with Crippen molar-refractivity contribution in [2.45, 2.75) is 40.5 Å². The minimum Gasteiger partial charge on any atom is -0.331 e. The number of hydrogen-bond acceptors (Lipinski definition) is 2. The highest BCUT2D eigenvalue weighted by Crippen LogP contribution is 1.79. The summed E-state index contributed by atoms with van der Waals surface area (Å²) in [5, 5.41) is 3.07. The molecule has 11 heavy (non-hydrogen) atoms. The van der Waals surface area contributed by atoms with Gasteiger partial charge in [-0.15, -0.1) is 0 Å². The van der Waals surface area contributed by atoms with Crippen LogP contribution in [0.5, 0.6) is 0 Å². The van der Waals surface area contributed by atoms with Crippen LogP contribution >= 0.6 is 0 Å². The normalized spacial score (nSPS) is 7.09. The Hall–Kier alpha value is -0.0800. The van der Waals surface area contributed by atoms with Gasteiger partial charge in [-0.3, -0.25) is 0 Å². The Morgan fingerprint density at radius 1 is 1.27 bits per heavy atom. The predicted molar refractivity (Wildman–Crippen MR) is 57.0 cm³/mol. The average Bonchev–Trinajstić information content (AvgIpc) is 2.06. The van der Waals surface area contributed by atoms with E-state index in [0.29, 0.717) is 0 Å². The molecule has 0 heterocycles. The Kier molecular flexibility index (Phi) is 50.8. The highest BCUT2D eigenvalue weighted by molar-refractivity contribution is 4.34. The number of hydrogen-bond donors (Lipinski definition) is 2. The molecule has 3 N–H and O–H groups in total. The molecule has 0 aromatic carbocycles. The molecule has 0 radical (unpaired) electrons. The summed E-state index contributed by atoms with van der Waals surface area (Å²) >= 11 is 0. The molecule has 0 atom stereocenters. The van der Waals surface area contributed by atoms with Gasteiger partial charge in [0, 0.05) is 1.43 Å². The molecular formula is C9H28N2. The maximum absolute atomic E-state index is 4.85. The standard InChI is InChI=1S/C5H13N.C2H7N.C2H6.H2/c1-3-4-5-6-2;1-2-3;1-2;/h6H,3-5H2,1-2H3;2-3H2,1H3;1-2H3;1H. The molecule has 2 nitrogen and oxygen atoms in total. The summed E-state index contributed by atoms with van der Waals surface area (Å²) in [6.07, 6.45) is 2.59. The van der Waals surface area contributed by atoms with Crippen LogP contribution in [0.2, 0.25) is 0 Å². The predicted octanol–water partition coefficient (Wildman–Crippen LogP) is 2.24. The SMILES string of the molecule is CC.CCCCNC.CCN.[HH]. The largest absolute Gasteiger partial charge is 0.331 e. The molecule has 0 spiro atoms. The lowest BCUT2D eigenvalue weighted by Crippen LogP contribution is -2.06. The van der Waals surface area contributed by atoms with Gasteiger partial charge in [0.1, 0.15) is 0 Å². The summed E-state index contributed by atoms with van der Waals surface area (Å²) in [5.41, 5.74) is 4.85. The van der Waals surface area contributed by atoms with Crippen molar-refractivity contribution in [3.05, 3.63) is 0 Å². The summed E-state index contributed by atoms with van der Waals surface area (Å²) in [5.74, 6) is 0. The van der Waals surface area contributed by atoms with Crippen LogP contribution in [0.1, 0.15) is 42.0 Å². The Labute approximate surface area is 74.0 Å². The van der Waals surface area contributed by atoms with E-state index in [-0.39, 0.29) is 1.43 Å². The Balaban J connectivity index is -0.0000000462. The van der Waals surface area contributed by atoms with E-state index in [2.05, 4.69) is 12.2 Å². The first-order valence-electron chi connectivity index (χ1n) is 4.68. The first-order chi connectivity index (χ1) is 5.33. The van der Waals surface area contributed by atoms with Crippen molar-refractivity contribution >= 4 is 0 Å². The Bertz CT molecular complexity index is 31.7. The van der Waals surface area contributed by atoms with E-state index in [1.54, 1.807) is 0 Å². The third-order valence-electron chi connectivity index (χ3n) is 0.780. The second kappa shape index (κ2) is 32.6. The van der Waals surface area contributed by atoms with E-state index >= 15 is 0 Å². The molecular weight excluding hydrogens is 136 g/mol. The van der Waals surface area contributed by atoms with Gasteiger partial charge in [-0.1, -0.05) is 34.1 Å². The van der Waals surface area contributed by atoms with Crippen molar-refractivity contribution < 1.29 is 1.43 Å². The monoisotopic (exact) mass is 164 g/mol. The van der Waals surface area contributed by atoms with Crippen molar-refractivity contribution in [2.24, 2.45) is 5.73 Å². The lowest BCUT2D eigenvalue weighted by molar-refractivity contribution is 0.711. The fraction of sp³-hybridized carbons (Fsp3) is 1.00. The van der Waals surface area contributed by atoms with Crippen LogP contribution in [0.4, 0.5) is 0 Å². The van der Waals surface area contributed by atoms with Crippen molar-refractivity contribution in [1.29, 1.82) is 0 Å². The third kappa shape index (κ3) is 73.0. The molecule has 0 aromatic rings. The van der Waals surface area contributed by atoms with E-state index in [9.17, 15) is 0 Å². The van der Waals surface area contributed by atoms with Crippen LogP contribution in [-0.2, 0) is 0 Å². The van der Waals surface area contributed by atoms with E-state index in [0.717, 1.165) is 13.1 Å². The minimum atomic E-state index is 0. The van der Waals surface area contributed by atoms with Gasteiger partial charge < -0.3 is 11.1 Å². The molecule has 0 aromatic heterocycles. The molecule has 0 aliphatic rings. The maximum atomic E-state index is 4.85. The van der Waals surface area contributed by atoms with Crippen LogP contribution in [0.3, 0.4) is 0 Å². The molecule has 0 amide bonds. The van der Waals surface area contributed by atoms with Gasteiger partial charge in [0.25, 0.3) is 0 Å². The summed E-state index contributed by atoms with van der Waals surface area (Å²) < 4.78 is 0. The zero-order chi connectivity index (χ0) is 9.54. The molecule has 0 bridgehead atoms. The number of unbranched alkanes of at least 4 members (excludes halogenated alkanes) is 1. The molecule has 0 rings (SSSR count). The van der Waals surface area contributed by atoms with Crippen molar-refractivity contribution in [2.75, 3.05) is 20.1 Å². The lowest BCUT2D eigenvalue weighted by atomic mass is 10.3. The summed E-state index contributed by atoms with van der Waals surface area (Å²) in [7, 11) is 1.98. The number of rotatable bonds is 3. The molecule has 0 fully saturated rings. The van der Waals surface area contributed by atoms with Crippen LogP contribution < -0.4 is 11.1 Å². The quantitative estimate of drug-likeness (QED) is 0.628. The van der Waals surface area contributed by atoms with E-state index in [1.165, 1.54) is 12.8 Å². The van der Waals surface area contributed by atoms with Crippen LogP contribution in [0, 0.1) is 0 Å². The van der Waals surface area contributed by atoms with Crippen LogP contribution in [0.25, 0.3) is 0 Å². The second-order valence-electron chi connectivity index (χ2n) is 1.87. The topological polar surface area (TPSA) is 38.0 Å². The molecule has 0 aliphatic carbocycles. The average molecular weight is 164 g/mol. The number of nitrogens with two attached hydrogens (primary N) is 1. The molecule has 0 saturated heterocycles. The Morgan fingerprint density at radius 2 is 1.64 bits per heavy atom. The summed E-state index contributed by atoms with van der Waals surface area (Å²) in [4.78, 5) is 0. The first kappa shape index (κ1) is 17.1. The van der Waals surface area contributed by atoms with Crippen LogP contribution in [0.15, 0.2) is 0 Å². The van der Waals surface area contributed by atoms with Gasteiger partial charge in [0.05, 0.1) is 0 Å². The molecule has 0 saturated carbocycles. The zero-order valence-corrected chi connectivity index (χ0v) is 8.91. The highest BCUT2D eigenvalue weighted by atomic mass is 14.8. The molecule has 74 valence electrons. The van der Waals surface area contributed by atoms with Gasteiger partial charge in [0.2, 0.25) is 0 Å².